The SMILES string of the molecule is NC(=S)CS(=O)(=O)N1CCCC1. The highest BCUT2D eigenvalue weighted by Crippen LogP contribution is 2.12. The van der Waals surface area contributed by atoms with Crippen LogP contribution in [0.4, 0.5) is 0 Å². The van der Waals surface area contributed by atoms with Crippen molar-refractivity contribution in [2.75, 3.05) is 18.8 Å². The van der Waals surface area contributed by atoms with Crippen LogP contribution in [0.3, 0.4) is 0 Å². The Labute approximate surface area is 77.8 Å². The second-order valence-electron chi connectivity index (χ2n) is 2.83. The molecule has 1 saturated heterocycles. The summed E-state index contributed by atoms with van der Waals surface area (Å²) in [6.07, 6.45) is 1.88. The Morgan fingerprint density at radius 3 is 2.33 bits per heavy atom. The number of nitrogens with zero attached hydrogens (tertiary/aromatic N) is 1. The van der Waals surface area contributed by atoms with Crippen molar-refractivity contribution < 1.29 is 8.42 Å². The van der Waals surface area contributed by atoms with Gasteiger partial charge in [0.1, 0.15) is 5.75 Å². The lowest BCUT2D eigenvalue weighted by atomic mass is 10.4. The summed E-state index contributed by atoms with van der Waals surface area (Å²) in [5.41, 5.74) is 5.17. The van der Waals surface area contributed by atoms with Crippen molar-refractivity contribution in [2.45, 2.75) is 12.8 Å². The Bertz CT molecular complexity index is 267. The summed E-state index contributed by atoms with van der Waals surface area (Å²) in [5, 5.41) is 0. The summed E-state index contributed by atoms with van der Waals surface area (Å²) in [4.78, 5) is 0.0434. The first-order valence-electron chi connectivity index (χ1n) is 3.78. The molecule has 0 aliphatic carbocycles. The molecule has 2 N–H and O–H groups in total. The van der Waals surface area contributed by atoms with E-state index in [2.05, 4.69) is 12.2 Å². The van der Waals surface area contributed by atoms with Gasteiger partial charge in [0.15, 0.2) is 0 Å². The predicted molar refractivity (Wildman–Crippen MR) is 51.4 cm³/mol. The minimum atomic E-state index is -3.19. The van der Waals surface area contributed by atoms with E-state index in [4.69, 9.17) is 5.73 Å². The molecule has 1 heterocycles. The Morgan fingerprint density at radius 2 is 1.92 bits per heavy atom. The van der Waals surface area contributed by atoms with Gasteiger partial charge in [-0.25, -0.2) is 12.7 Å². The smallest absolute Gasteiger partial charge is 0.220 e. The molecule has 0 saturated carbocycles. The zero-order valence-corrected chi connectivity index (χ0v) is 8.33. The van der Waals surface area contributed by atoms with E-state index in [-0.39, 0.29) is 10.7 Å². The lowest BCUT2D eigenvalue weighted by Crippen LogP contribution is -2.34. The van der Waals surface area contributed by atoms with E-state index in [0.717, 1.165) is 12.8 Å². The average molecular weight is 208 g/mol. The highest BCUT2D eigenvalue weighted by molar-refractivity contribution is 7.92. The Balaban J connectivity index is 2.64. The zero-order chi connectivity index (χ0) is 9.19. The topological polar surface area (TPSA) is 63.4 Å². The first-order chi connectivity index (χ1) is 5.52. The van der Waals surface area contributed by atoms with Gasteiger partial charge in [0, 0.05) is 13.1 Å². The van der Waals surface area contributed by atoms with Gasteiger partial charge in [-0.1, -0.05) is 12.2 Å². The molecule has 0 aromatic rings. The maximum absolute atomic E-state index is 11.4. The number of sulfonamides is 1. The Morgan fingerprint density at radius 1 is 1.42 bits per heavy atom. The van der Waals surface area contributed by atoms with Gasteiger partial charge in [-0.2, -0.15) is 0 Å². The van der Waals surface area contributed by atoms with E-state index >= 15 is 0 Å². The summed E-state index contributed by atoms with van der Waals surface area (Å²) in [6, 6.07) is 0. The molecule has 0 amide bonds. The van der Waals surface area contributed by atoms with Gasteiger partial charge in [-0.3, -0.25) is 0 Å². The summed E-state index contributed by atoms with van der Waals surface area (Å²) >= 11 is 4.55. The predicted octanol–water partition coefficient (Wildman–Crippen LogP) is -0.302. The van der Waals surface area contributed by atoms with Crippen molar-refractivity contribution in [1.82, 2.24) is 4.31 Å². The van der Waals surface area contributed by atoms with Crippen molar-refractivity contribution in [2.24, 2.45) is 5.73 Å². The van der Waals surface area contributed by atoms with Crippen LogP contribution in [0.15, 0.2) is 0 Å². The van der Waals surface area contributed by atoms with Gasteiger partial charge in [0.05, 0.1) is 4.99 Å². The van der Waals surface area contributed by atoms with E-state index in [1.165, 1.54) is 4.31 Å². The summed E-state index contributed by atoms with van der Waals surface area (Å²) in [5.74, 6) is -0.192. The molecule has 12 heavy (non-hydrogen) atoms. The molecule has 70 valence electrons. The van der Waals surface area contributed by atoms with E-state index in [1.54, 1.807) is 0 Å². The standard InChI is InChI=1S/C6H12N2O2S2/c7-6(11)5-12(9,10)8-3-1-2-4-8/h1-5H2,(H2,7,11). The number of hydrogen-bond donors (Lipinski definition) is 1. The molecule has 0 bridgehead atoms. The number of rotatable bonds is 3. The number of nitrogens with two attached hydrogens (primary N) is 1. The van der Waals surface area contributed by atoms with E-state index in [1.807, 2.05) is 0 Å². The third kappa shape index (κ3) is 2.40. The maximum atomic E-state index is 11.4. The second-order valence-corrected chi connectivity index (χ2v) is 5.32. The fraction of sp³-hybridized carbons (Fsp3) is 0.833. The van der Waals surface area contributed by atoms with Gasteiger partial charge in [0.2, 0.25) is 10.0 Å². The summed E-state index contributed by atoms with van der Waals surface area (Å²) in [6.45, 7) is 1.23. The molecule has 1 aliphatic heterocycles. The second kappa shape index (κ2) is 3.68. The van der Waals surface area contributed by atoms with Crippen LogP contribution in [-0.4, -0.2) is 36.6 Å². The third-order valence-electron chi connectivity index (χ3n) is 1.78. The lowest BCUT2D eigenvalue weighted by Gasteiger charge is -2.14. The third-order valence-corrected chi connectivity index (χ3v) is 3.94. The number of thiocarbonyl (C=S) groups is 1. The van der Waals surface area contributed by atoms with Crippen molar-refractivity contribution in [1.29, 1.82) is 0 Å². The van der Waals surface area contributed by atoms with E-state index in [9.17, 15) is 8.42 Å². The summed E-state index contributed by atoms with van der Waals surface area (Å²) in [7, 11) is -3.19. The molecule has 0 aromatic carbocycles. The van der Waals surface area contributed by atoms with Crippen molar-refractivity contribution in [3.05, 3.63) is 0 Å². The van der Waals surface area contributed by atoms with E-state index in [0.29, 0.717) is 13.1 Å². The maximum Gasteiger partial charge on any atom is 0.220 e. The molecule has 0 atom stereocenters. The van der Waals surface area contributed by atoms with Crippen LogP contribution >= 0.6 is 12.2 Å². The minimum Gasteiger partial charge on any atom is -0.392 e. The molecule has 0 spiro atoms. The molecule has 1 aliphatic rings. The molecule has 0 aromatic heterocycles. The van der Waals surface area contributed by atoms with Crippen molar-refractivity contribution in [3.63, 3.8) is 0 Å². The van der Waals surface area contributed by atoms with Crippen LogP contribution in [0.2, 0.25) is 0 Å². The highest BCUT2D eigenvalue weighted by atomic mass is 32.2. The van der Waals surface area contributed by atoms with E-state index < -0.39 is 10.0 Å². The monoisotopic (exact) mass is 208 g/mol. The fourth-order valence-corrected chi connectivity index (χ4v) is 3.04. The molecule has 1 fully saturated rings. The Hall–Kier alpha value is -0.200. The van der Waals surface area contributed by atoms with Crippen LogP contribution < -0.4 is 5.73 Å². The zero-order valence-electron chi connectivity index (χ0n) is 6.69. The molecule has 0 unspecified atom stereocenters. The fourth-order valence-electron chi connectivity index (χ4n) is 1.24. The van der Waals surface area contributed by atoms with Gasteiger partial charge in [-0.15, -0.1) is 0 Å². The first-order valence-corrected chi connectivity index (χ1v) is 5.80. The van der Waals surface area contributed by atoms with Crippen LogP contribution in [0.5, 0.6) is 0 Å². The van der Waals surface area contributed by atoms with Crippen molar-refractivity contribution in [3.8, 4) is 0 Å². The first kappa shape index (κ1) is 9.88. The van der Waals surface area contributed by atoms with Crippen LogP contribution in [0.25, 0.3) is 0 Å². The molecule has 0 radical (unpaired) electrons. The molecular weight excluding hydrogens is 196 g/mol. The lowest BCUT2D eigenvalue weighted by molar-refractivity contribution is 0.481. The highest BCUT2D eigenvalue weighted by Gasteiger charge is 2.25. The molecular formula is C6H12N2O2S2. The molecule has 4 nitrogen and oxygen atoms in total. The Kier molecular flexibility index (Phi) is 3.03. The molecule has 1 rings (SSSR count). The van der Waals surface area contributed by atoms with Gasteiger partial charge in [0.25, 0.3) is 0 Å². The largest absolute Gasteiger partial charge is 0.392 e. The number of hydrogen-bond acceptors (Lipinski definition) is 3. The minimum absolute atomic E-state index is 0.0434. The van der Waals surface area contributed by atoms with Gasteiger partial charge < -0.3 is 5.73 Å². The summed E-state index contributed by atoms with van der Waals surface area (Å²) < 4.78 is 24.3. The van der Waals surface area contributed by atoms with Crippen molar-refractivity contribution >= 4 is 27.2 Å². The quantitative estimate of drug-likeness (QED) is 0.647. The normalized spacial score (nSPS) is 19.7. The van der Waals surface area contributed by atoms with Crippen LogP contribution in [0, 0.1) is 0 Å². The van der Waals surface area contributed by atoms with Gasteiger partial charge >= 0.3 is 0 Å². The average Bonchev–Trinajstić information content (AvgIpc) is 2.32. The van der Waals surface area contributed by atoms with Crippen LogP contribution in [0.1, 0.15) is 12.8 Å². The molecule has 6 heteroatoms. The van der Waals surface area contributed by atoms with Crippen LogP contribution in [-0.2, 0) is 10.0 Å². The van der Waals surface area contributed by atoms with Gasteiger partial charge in [-0.05, 0) is 12.8 Å².